The molecular weight excluding hydrogens is 240 g/mol. The average Bonchev–Trinajstić information content (AvgIpc) is 2.74. The molecular formula is C16H16OS. The van der Waals surface area contributed by atoms with Crippen molar-refractivity contribution < 1.29 is 4.79 Å². The van der Waals surface area contributed by atoms with Crippen molar-refractivity contribution in [3.63, 3.8) is 0 Å². The Morgan fingerprint density at radius 1 is 1.11 bits per heavy atom. The average molecular weight is 256 g/mol. The molecule has 18 heavy (non-hydrogen) atoms. The van der Waals surface area contributed by atoms with Crippen molar-refractivity contribution in [2.24, 2.45) is 0 Å². The molecule has 0 unspecified atom stereocenters. The molecule has 0 atom stereocenters. The lowest BCUT2D eigenvalue weighted by atomic mass is 9.80. The summed E-state index contributed by atoms with van der Waals surface area (Å²) < 4.78 is 0. The smallest absolute Gasteiger partial charge is 0.202 e. The maximum Gasteiger partial charge on any atom is 0.202 e. The van der Waals surface area contributed by atoms with Crippen LogP contribution >= 0.6 is 11.3 Å². The molecule has 1 nitrogen and oxygen atoms in total. The number of hydrogen-bond acceptors (Lipinski definition) is 2. The minimum absolute atomic E-state index is 0.147. The van der Waals surface area contributed by atoms with Crippen molar-refractivity contribution in [3.05, 3.63) is 57.3 Å². The van der Waals surface area contributed by atoms with Gasteiger partial charge < -0.3 is 0 Å². The molecule has 1 aromatic carbocycles. The van der Waals surface area contributed by atoms with Gasteiger partial charge in [-0.3, -0.25) is 4.79 Å². The summed E-state index contributed by atoms with van der Waals surface area (Å²) in [7, 11) is 0. The van der Waals surface area contributed by atoms with E-state index >= 15 is 0 Å². The van der Waals surface area contributed by atoms with Gasteiger partial charge in [0, 0.05) is 10.4 Å². The van der Waals surface area contributed by atoms with E-state index in [0.717, 1.165) is 16.4 Å². The number of rotatable bonds is 3. The van der Waals surface area contributed by atoms with Crippen molar-refractivity contribution in [2.75, 3.05) is 0 Å². The van der Waals surface area contributed by atoms with Crippen molar-refractivity contribution in [1.29, 1.82) is 0 Å². The van der Waals surface area contributed by atoms with Crippen LogP contribution in [0.25, 0.3) is 0 Å². The lowest BCUT2D eigenvalue weighted by Crippen LogP contribution is -2.09. The Balaban J connectivity index is 1.81. The first-order valence-corrected chi connectivity index (χ1v) is 7.27. The SMILES string of the molecule is Cc1ccc(C(=O)c2ccc(C3CCC3)cc2)s1. The van der Waals surface area contributed by atoms with E-state index < -0.39 is 0 Å². The maximum atomic E-state index is 12.2. The van der Waals surface area contributed by atoms with Crippen LogP contribution in [0.2, 0.25) is 0 Å². The molecule has 1 aliphatic carbocycles. The number of thiophene rings is 1. The minimum Gasteiger partial charge on any atom is -0.288 e. The van der Waals surface area contributed by atoms with Crippen LogP contribution in [0.3, 0.4) is 0 Å². The maximum absolute atomic E-state index is 12.2. The third-order valence-corrected chi connectivity index (χ3v) is 4.71. The molecule has 1 aliphatic rings. The number of ketones is 1. The Bertz CT molecular complexity index is 561. The summed E-state index contributed by atoms with van der Waals surface area (Å²) in [5.74, 6) is 0.881. The Labute approximate surface area is 111 Å². The lowest BCUT2D eigenvalue weighted by Gasteiger charge is -2.25. The van der Waals surface area contributed by atoms with Crippen LogP contribution < -0.4 is 0 Å². The van der Waals surface area contributed by atoms with Gasteiger partial charge in [-0.2, -0.15) is 0 Å². The fourth-order valence-corrected chi connectivity index (χ4v) is 3.18. The summed E-state index contributed by atoms with van der Waals surface area (Å²) in [5, 5.41) is 0. The third-order valence-electron chi connectivity index (χ3n) is 3.71. The molecule has 0 bridgehead atoms. The third kappa shape index (κ3) is 2.13. The van der Waals surface area contributed by atoms with Crippen molar-refractivity contribution in [1.82, 2.24) is 0 Å². The van der Waals surface area contributed by atoms with E-state index in [1.54, 1.807) is 11.3 Å². The van der Waals surface area contributed by atoms with Crippen LogP contribution in [0.4, 0.5) is 0 Å². The van der Waals surface area contributed by atoms with Crippen LogP contribution in [-0.4, -0.2) is 5.78 Å². The van der Waals surface area contributed by atoms with Gasteiger partial charge in [-0.05, 0) is 43.4 Å². The molecule has 3 rings (SSSR count). The number of carbonyl (C=O) groups is 1. The molecule has 0 aliphatic heterocycles. The summed E-state index contributed by atoms with van der Waals surface area (Å²) in [6.07, 6.45) is 3.95. The zero-order valence-electron chi connectivity index (χ0n) is 10.5. The quantitative estimate of drug-likeness (QED) is 0.736. The van der Waals surface area contributed by atoms with Crippen molar-refractivity contribution in [3.8, 4) is 0 Å². The molecule has 0 amide bonds. The van der Waals surface area contributed by atoms with Gasteiger partial charge in [-0.25, -0.2) is 0 Å². The zero-order valence-corrected chi connectivity index (χ0v) is 11.3. The lowest BCUT2D eigenvalue weighted by molar-refractivity contribution is 0.104. The highest BCUT2D eigenvalue weighted by atomic mass is 32.1. The van der Waals surface area contributed by atoms with Gasteiger partial charge in [-0.15, -0.1) is 11.3 Å². The number of hydrogen-bond donors (Lipinski definition) is 0. The second kappa shape index (κ2) is 4.69. The number of aryl methyl sites for hydroxylation is 1. The van der Waals surface area contributed by atoms with Crippen LogP contribution in [0.1, 0.15) is 50.9 Å². The predicted octanol–water partition coefficient (Wildman–Crippen LogP) is 4.56. The van der Waals surface area contributed by atoms with E-state index in [1.165, 1.54) is 29.7 Å². The zero-order chi connectivity index (χ0) is 12.5. The topological polar surface area (TPSA) is 17.1 Å². The van der Waals surface area contributed by atoms with Gasteiger partial charge >= 0.3 is 0 Å². The molecule has 2 heteroatoms. The first-order valence-electron chi connectivity index (χ1n) is 6.45. The van der Waals surface area contributed by atoms with E-state index in [2.05, 4.69) is 12.1 Å². The van der Waals surface area contributed by atoms with Crippen molar-refractivity contribution in [2.45, 2.75) is 32.1 Å². The Kier molecular flexibility index (Phi) is 3.04. The fourth-order valence-electron chi connectivity index (χ4n) is 2.35. The Morgan fingerprint density at radius 2 is 1.83 bits per heavy atom. The second-order valence-corrected chi connectivity index (χ2v) is 6.28. The van der Waals surface area contributed by atoms with E-state index in [1.807, 2.05) is 31.2 Å². The fraction of sp³-hybridized carbons (Fsp3) is 0.312. The van der Waals surface area contributed by atoms with Crippen LogP contribution in [-0.2, 0) is 0 Å². The van der Waals surface area contributed by atoms with E-state index in [-0.39, 0.29) is 5.78 Å². The van der Waals surface area contributed by atoms with Gasteiger partial charge in [-0.1, -0.05) is 30.7 Å². The summed E-state index contributed by atoms with van der Waals surface area (Å²) in [5.41, 5.74) is 2.19. The predicted molar refractivity (Wildman–Crippen MR) is 75.5 cm³/mol. The monoisotopic (exact) mass is 256 g/mol. The second-order valence-electron chi connectivity index (χ2n) is 4.99. The molecule has 1 fully saturated rings. The largest absolute Gasteiger partial charge is 0.288 e. The Morgan fingerprint density at radius 3 is 2.33 bits per heavy atom. The van der Waals surface area contributed by atoms with E-state index in [0.29, 0.717) is 0 Å². The molecule has 0 spiro atoms. The summed E-state index contributed by atoms with van der Waals surface area (Å²) in [6, 6.07) is 12.1. The molecule has 92 valence electrons. The van der Waals surface area contributed by atoms with Gasteiger partial charge in [0.1, 0.15) is 0 Å². The summed E-state index contributed by atoms with van der Waals surface area (Å²) in [4.78, 5) is 14.3. The van der Waals surface area contributed by atoms with E-state index in [9.17, 15) is 4.79 Å². The molecule has 1 aromatic heterocycles. The molecule has 2 aromatic rings. The van der Waals surface area contributed by atoms with Gasteiger partial charge in [0.05, 0.1) is 4.88 Å². The first kappa shape index (κ1) is 11.7. The van der Waals surface area contributed by atoms with Crippen LogP contribution in [0, 0.1) is 6.92 Å². The molecule has 1 heterocycles. The number of benzene rings is 1. The Hall–Kier alpha value is -1.41. The van der Waals surface area contributed by atoms with Gasteiger partial charge in [0.2, 0.25) is 5.78 Å². The molecule has 0 N–H and O–H groups in total. The normalized spacial score (nSPS) is 15.4. The first-order chi connectivity index (χ1) is 8.74. The summed E-state index contributed by atoms with van der Waals surface area (Å²) in [6.45, 7) is 2.03. The summed E-state index contributed by atoms with van der Waals surface area (Å²) >= 11 is 1.57. The standard InChI is InChI=1S/C16H16OS/c1-11-5-10-15(18-11)16(17)14-8-6-13(7-9-14)12-3-2-4-12/h5-10,12H,2-4H2,1H3. The molecule has 0 saturated heterocycles. The highest BCUT2D eigenvalue weighted by Crippen LogP contribution is 2.36. The van der Waals surface area contributed by atoms with Crippen molar-refractivity contribution >= 4 is 17.1 Å². The van der Waals surface area contributed by atoms with Gasteiger partial charge in [0.25, 0.3) is 0 Å². The van der Waals surface area contributed by atoms with Crippen LogP contribution in [0.5, 0.6) is 0 Å². The molecule has 0 radical (unpaired) electrons. The number of carbonyl (C=O) groups excluding carboxylic acids is 1. The van der Waals surface area contributed by atoms with E-state index in [4.69, 9.17) is 0 Å². The molecule has 1 saturated carbocycles. The van der Waals surface area contributed by atoms with Gasteiger partial charge in [0.15, 0.2) is 0 Å². The highest BCUT2D eigenvalue weighted by Gasteiger charge is 2.19. The minimum atomic E-state index is 0.147. The van der Waals surface area contributed by atoms with Crippen LogP contribution in [0.15, 0.2) is 36.4 Å². The highest BCUT2D eigenvalue weighted by molar-refractivity contribution is 7.14.